The number of hydrogen-bond donors (Lipinski definition) is 2. The predicted octanol–water partition coefficient (Wildman–Crippen LogP) is 4.48. The fourth-order valence-corrected chi connectivity index (χ4v) is 4.61. The molecular formula is C25H28FN5O3S. The molecule has 35 heavy (non-hydrogen) atoms. The molecule has 2 aromatic carbocycles. The number of halogens is 1. The molecule has 1 aromatic heterocycles. The molecule has 0 bridgehead atoms. The maximum Gasteiger partial charge on any atom is 0.338 e. The van der Waals surface area contributed by atoms with E-state index < -0.39 is 0 Å². The molecule has 0 unspecified atom stereocenters. The van der Waals surface area contributed by atoms with Crippen LogP contribution in [0.4, 0.5) is 20.0 Å². The van der Waals surface area contributed by atoms with Crippen LogP contribution in [0.5, 0.6) is 0 Å². The maximum atomic E-state index is 13.1. The number of urea groups is 1. The van der Waals surface area contributed by atoms with Gasteiger partial charge in [0, 0.05) is 43.3 Å². The summed E-state index contributed by atoms with van der Waals surface area (Å²) in [6.45, 7) is 4.38. The summed E-state index contributed by atoms with van der Waals surface area (Å²) in [5.74, 6) is 0.495. The smallest absolute Gasteiger partial charge is 0.338 e. The van der Waals surface area contributed by atoms with Crippen LogP contribution in [0.3, 0.4) is 0 Å². The Balaban J connectivity index is 1.18. The number of ether oxygens (including phenoxy) is 1. The van der Waals surface area contributed by atoms with Crippen molar-refractivity contribution in [3.8, 4) is 0 Å². The number of amides is 2. The summed E-state index contributed by atoms with van der Waals surface area (Å²) in [4.78, 5) is 30.9. The minimum Gasteiger partial charge on any atom is -0.462 e. The van der Waals surface area contributed by atoms with Crippen molar-refractivity contribution in [2.45, 2.75) is 26.2 Å². The quantitative estimate of drug-likeness (QED) is 0.446. The molecule has 2 amide bonds. The first kappa shape index (κ1) is 24.6. The van der Waals surface area contributed by atoms with E-state index in [-0.39, 0.29) is 17.8 Å². The van der Waals surface area contributed by atoms with Gasteiger partial charge < -0.3 is 20.3 Å². The van der Waals surface area contributed by atoms with Gasteiger partial charge in [0.2, 0.25) is 5.13 Å². The molecular weight excluding hydrogens is 469 g/mol. The van der Waals surface area contributed by atoms with Gasteiger partial charge in [0.1, 0.15) is 11.6 Å². The minimum absolute atomic E-state index is 0.250. The van der Waals surface area contributed by atoms with Crippen LogP contribution in [0.15, 0.2) is 48.5 Å². The average Bonchev–Trinajstić information content (AvgIpc) is 3.33. The van der Waals surface area contributed by atoms with E-state index in [4.69, 9.17) is 4.74 Å². The molecule has 0 saturated carbocycles. The van der Waals surface area contributed by atoms with Gasteiger partial charge in [-0.15, -0.1) is 0 Å². The number of nitrogens with zero attached hydrogens (tertiary/aromatic N) is 3. The zero-order valence-corrected chi connectivity index (χ0v) is 20.3. The van der Waals surface area contributed by atoms with E-state index in [2.05, 4.69) is 24.9 Å². The first-order chi connectivity index (χ1) is 17.0. The van der Waals surface area contributed by atoms with Gasteiger partial charge in [0.25, 0.3) is 0 Å². The van der Waals surface area contributed by atoms with E-state index in [9.17, 15) is 14.0 Å². The van der Waals surface area contributed by atoms with Crippen LogP contribution in [0.2, 0.25) is 0 Å². The Kier molecular flexibility index (Phi) is 8.25. The second kappa shape index (κ2) is 11.7. The third kappa shape index (κ3) is 6.98. The first-order valence-electron chi connectivity index (χ1n) is 11.6. The molecule has 184 valence electrons. The van der Waals surface area contributed by atoms with Gasteiger partial charge in [-0.3, -0.25) is 0 Å². The van der Waals surface area contributed by atoms with Gasteiger partial charge in [0.15, 0.2) is 0 Å². The number of anilines is 2. The van der Waals surface area contributed by atoms with Gasteiger partial charge in [0.05, 0.1) is 12.2 Å². The number of carbonyl (C=O) groups is 2. The molecule has 4 rings (SSSR count). The Morgan fingerprint density at radius 1 is 1.11 bits per heavy atom. The summed E-state index contributed by atoms with van der Waals surface area (Å²) in [5.41, 5.74) is 2.04. The van der Waals surface area contributed by atoms with Crippen LogP contribution in [-0.2, 0) is 11.2 Å². The second-order valence-electron chi connectivity index (χ2n) is 8.36. The topological polar surface area (TPSA) is 96.4 Å². The number of nitrogens with one attached hydrogen (secondary N) is 2. The predicted molar refractivity (Wildman–Crippen MR) is 133 cm³/mol. The van der Waals surface area contributed by atoms with Gasteiger partial charge >= 0.3 is 12.0 Å². The Labute approximate surface area is 207 Å². The molecule has 8 nitrogen and oxygen atoms in total. The molecule has 3 aromatic rings. The van der Waals surface area contributed by atoms with Crippen molar-refractivity contribution >= 4 is 34.4 Å². The Morgan fingerprint density at radius 2 is 1.83 bits per heavy atom. The summed E-state index contributed by atoms with van der Waals surface area (Å²) < 4.78 is 22.5. The number of esters is 1. The fourth-order valence-electron chi connectivity index (χ4n) is 3.87. The number of benzene rings is 2. The monoisotopic (exact) mass is 497 g/mol. The Morgan fingerprint density at radius 3 is 2.51 bits per heavy atom. The van der Waals surface area contributed by atoms with E-state index in [0.29, 0.717) is 36.7 Å². The van der Waals surface area contributed by atoms with E-state index >= 15 is 0 Å². The van der Waals surface area contributed by atoms with E-state index in [1.54, 1.807) is 43.3 Å². The molecule has 1 saturated heterocycles. The van der Waals surface area contributed by atoms with E-state index in [0.717, 1.165) is 42.5 Å². The highest BCUT2D eigenvalue weighted by Crippen LogP contribution is 2.25. The Hall–Kier alpha value is -3.53. The molecule has 0 spiro atoms. The number of aromatic nitrogens is 2. The molecule has 0 aliphatic carbocycles. The summed E-state index contributed by atoms with van der Waals surface area (Å²) in [6.07, 6.45) is 2.47. The van der Waals surface area contributed by atoms with Crippen LogP contribution < -0.4 is 15.5 Å². The highest BCUT2D eigenvalue weighted by Gasteiger charge is 2.22. The summed E-state index contributed by atoms with van der Waals surface area (Å²) in [7, 11) is 0. The molecule has 0 radical (unpaired) electrons. The third-order valence-electron chi connectivity index (χ3n) is 5.82. The van der Waals surface area contributed by atoms with Crippen LogP contribution in [0, 0.1) is 11.7 Å². The van der Waals surface area contributed by atoms with Gasteiger partial charge in [-0.1, -0.05) is 12.1 Å². The lowest BCUT2D eigenvalue weighted by Gasteiger charge is -2.31. The van der Waals surface area contributed by atoms with Crippen LogP contribution >= 0.6 is 11.5 Å². The lowest BCUT2D eigenvalue weighted by Crippen LogP contribution is -2.39. The second-order valence-corrected chi connectivity index (χ2v) is 9.09. The number of carbonyl (C=O) groups excluding carboxylic acids is 2. The van der Waals surface area contributed by atoms with Crippen molar-refractivity contribution < 1.29 is 18.7 Å². The highest BCUT2D eigenvalue weighted by atomic mass is 32.1. The summed E-state index contributed by atoms with van der Waals surface area (Å²) in [5, 5.41) is 6.63. The van der Waals surface area contributed by atoms with Crippen LogP contribution in [-0.4, -0.2) is 47.6 Å². The fraction of sp³-hybridized carbons (Fsp3) is 0.360. The van der Waals surface area contributed by atoms with Crippen molar-refractivity contribution in [2.75, 3.05) is 36.5 Å². The van der Waals surface area contributed by atoms with Crippen molar-refractivity contribution in [3.63, 3.8) is 0 Å². The van der Waals surface area contributed by atoms with Crippen molar-refractivity contribution in [3.05, 3.63) is 71.3 Å². The molecule has 0 atom stereocenters. The molecule has 1 aliphatic rings. The molecule has 1 aliphatic heterocycles. The largest absolute Gasteiger partial charge is 0.462 e. The first-order valence-corrected chi connectivity index (χ1v) is 12.4. The lowest BCUT2D eigenvalue weighted by molar-refractivity contribution is 0.0526. The number of piperidine rings is 1. The molecule has 2 N–H and O–H groups in total. The van der Waals surface area contributed by atoms with E-state index in [1.165, 1.54) is 23.7 Å². The lowest BCUT2D eigenvalue weighted by atomic mass is 9.97. The molecule has 2 heterocycles. The van der Waals surface area contributed by atoms with Crippen molar-refractivity contribution in [1.82, 2.24) is 14.7 Å². The number of rotatable bonds is 8. The normalized spacial score (nSPS) is 13.9. The highest BCUT2D eigenvalue weighted by molar-refractivity contribution is 7.09. The summed E-state index contributed by atoms with van der Waals surface area (Å²) >= 11 is 1.39. The van der Waals surface area contributed by atoms with Crippen LogP contribution in [0.25, 0.3) is 0 Å². The SMILES string of the molecule is CCOC(=O)c1ccc(NC(=O)NCC2CCN(c3nc(Cc4ccc(F)cc4)ns3)CC2)cc1. The van der Waals surface area contributed by atoms with Gasteiger partial charge in [-0.05, 0) is 67.6 Å². The zero-order chi connectivity index (χ0) is 24.6. The van der Waals surface area contributed by atoms with Crippen molar-refractivity contribution in [2.24, 2.45) is 5.92 Å². The molecule has 10 heteroatoms. The minimum atomic E-state index is -0.382. The van der Waals surface area contributed by atoms with Crippen molar-refractivity contribution in [1.29, 1.82) is 0 Å². The van der Waals surface area contributed by atoms with E-state index in [1.807, 2.05) is 0 Å². The standard InChI is InChI=1S/C25H28FN5O3S/c1-2-34-23(32)19-5-9-21(10-6-19)28-24(33)27-16-18-11-13-31(14-12-18)25-29-22(30-35-25)15-17-3-7-20(26)8-4-17/h3-10,18H,2,11-16H2,1H3,(H2,27,28,33). The van der Waals surface area contributed by atoms with Gasteiger partial charge in [-0.25, -0.2) is 19.0 Å². The number of hydrogen-bond acceptors (Lipinski definition) is 7. The van der Waals surface area contributed by atoms with Crippen LogP contribution in [0.1, 0.15) is 41.5 Å². The molecule has 1 fully saturated rings. The maximum absolute atomic E-state index is 13.1. The zero-order valence-electron chi connectivity index (χ0n) is 19.5. The third-order valence-corrected chi connectivity index (χ3v) is 6.64. The average molecular weight is 498 g/mol. The Bertz CT molecular complexity index is 1130. The van der Waals surface area contributed by atoms with Gasteiger partial charge in [-0.2, -0.15) is 4.37 Å². The summed E-state index contributed by atoms with van der Waals surface area (Å²) in [6, 6.07) is 12.7.